The molecule has 0 fully saturated rings. The molecule has 6 nitrogen and oxygen atoms in total. The van der Waals surface area contributed by atoms with E-state index >= 15 is 0 Å². The highest BCUT2D eigenvalue weighted by Gasteiger charge is 2.33. The maximum Gasteiger partial charge on any atom is 0.416 e. The number of halogens is 3. The number of rotatable bonds is 4. The van der Waals surface area contributed by atoms with Gasteiger partial charge in [-0.05, 0) is 60.4 Å². The fourth-order valence-electron chi connectivity index (χ4n) is 3.53. The number of nitrogens with zero attached hydrogens (tertiary/aromatic N) is 2. The van der Waals surface area contributed by atoms with Crippen molar-refractivity contribution in [2.75, 3.05) is 5.32 Å². The lowest BCUT2D eigenvalue weighted by Gasteiger charge is -2.15. The molecule has 0 atom stereocenters. The second kappa shape index (κ2) is 9.35. The number of aryl methyl sites for hydroxylation is 1. The molecule has 2 aromatic heterocycles. The molecule has 0 saturated heterocycles. The zero-order chi connectivity index (χ0) is 25.2. The van der Waals surface area contributed by atoms with Crippen LogP contribution in [0.5, 0.6) is 0 Å². The molecule has 4 rings (SSSR count). The molecule has 35 heavy (non-hydrogen) atoms. The molecule has 9 heteroatoms. The number of nitrogens with one attached hydrogen (secondary N) is 2. The van der Waals surface area contributed by atoms with E-state index < -0.39 is 17.6 Å². The Morgan fingerprint density at radius 2 is 1.94 bits per heavy atom. The van der Waals surface area contributed by atoms with Crippen LogP contribution in [0.25, 0.3) is 5.65 Å². The zero-order valence-corrected chi connectivity index (χ0v) is 18.6. The van der Waals surface area contributed by atoms with Crippen molar-refractivity contribution in [2.24, 2.45) is 5.73 Å². The van der Waals surface area contributed by atoms with Crippen LogP contribution in [-0.2, 0) is 12.6 Å². The number of aromatic nitrogens is 2. The Labute approximate surface area is 199 Å². The first-order valence-corrected chi connectivity index (χ1v) is 10.5. The minimum absolute atomic E-state index is 0.0198. The van der Waals surface area contributed by atoms with Crippen molar-refractivity contribution < 1.29 is 18.0 Å². The van der Waals surface area contributed by atoms with Crippen molar-refractivity contribution in [1.29, 1.82) is 5.41 Å². The van der Waals surface area contributed by atoms with Crippen LogP contribution in [0.15, 0.2) is 67.0 Å². The molecule has 0 unspecified atom stereocenters. The molecule has 2 heterocycles. The number of benzene rings is 2. The van der Waals surface area contributed by atoms with E-state index in [0.29, 0.717) is 11.3 Å². The van der Waals surface area contributed by atoms with Gasteiger partial charge in [0.15, 0.2) is 0 Å². The fraction of sp³-hybridized carbons (Fsp3) is 0.115. The van der Waals surface area contributed by atoms with Crippen LogP contribution in [0.4, 0.5) is 18.9 Å². The molecule has 1 amide bonds. The third-order valence-corrected chi connectivity index (χ3v) is 5.30. The van der Waals surface area contributed by atoms with Gasteiger partial charge in [0, 0.05) is 29.4 Å². The molecule has 0 aliphatic heterocycles. The van der Waals surface area contributed by atoms with Crippen molar-refractivity contribution in [3.63, 3.8) is 0 Å². The molecule has 0 spiro atoms. The third-order valence-electron chi connectivity index (χ3n) is 5.30. The van der Waals surface area contributed by atoms with E-state index in [2.05, 4.69) is 22.1 Å². The van der Waals surface area contributed by atoms with Gasteiger partial charge < -0.3 is 11.1 Å². The number of amidine groups is 1. The van der Waals surface area contributed by atoms with E-state index in [0.717, 1.165) is 17.3 Å². The summed E-state index contributed by atoms with van der Waals surface area (Å²) in [5, 5.41) is 9.80. The summed E-state index contributed by atoms with van der Waals surface area (Å²) < 4.78 is 42.3. The summed E-state index contributed by atoms with van der Waals surface area (Å²) >= 11 is 0. The molecule has 0 aliphatic carbocycles. The van der Waals surface area contributed by atoms with Gasteiger partial charge >= 0.3 is 6.18 Å². The molecule has 2 aromatic carbocycles. The summed E-state index contributed by atoms with van der Waals surface area (Å²) in [4.78, 5) is 17.1. The summed E-state index contributed by atoms with van der Waals surface area (Å²) in [6.45, 7) is 1.85. The van der Waals surface area contributed by atoms with Gasteiger partial charge in [-0.2, -0.15) is 13.2 Å². The summed E-state index contributed by atoms with van der Waals surface area (Å²) in [7, 11) is 0. The third kappa shape index (κ3) is 5.33. The van der Waals surface area contributed by atoms with Gasteiger partial charge in [-0.3, -0.25) is 14.6 Å². The topological polar surface area (TPSA) is 96.3 Å². The standard InChI is InChI=1S/C26H20F3N5O/c1-16-5-6-19(12-17(16)8-10-21-15-32-24-4-2-3-11-34(21)24)25(35)33-20-9-7-18(13-23(30)31)22(14-20)26(27,28)29/h2-7,9,11-12,14-15H,13H2,1H3,(H3,30,31)(H,33,35). The first-order valence-electron chi connectivity index (χ1n) is 10.5. The molecule has 0 aliphatic rings. The van der Waals surface area contributed by atoms with Crippen LogP contribution in [-0.4, -0.2) is 21.1 Å². The van der Waals surface area contributed by atoms with Crippen LogP contribution in [0.3, 0.4) is 0 Å². The predicted molar refractivity (Wildman–Crippen MR) is 127 cm³/mol. The van der Waals surface area contributed by atoms with Crippen molar-refractivity contribution >= 4 is 23.1 Å². The average Bonchev–Trinajstić information content (AvgIpc) is 3.21. The van der Waals surface area contributed by atoms with Crippen LogP contribution in [0.1, 0.15) is 38.3 Å². The highest BCUT2D eigenvalue weighted by molar-refractivity contribution is 6.04. The van der Waals surface area contributed by atoms with Crippen LogP contribution >= 0.6 is 0 Å². The minimum atomic E-state index is -4.66. The number of nitrogens with two attached hydrogens (primary N) is 1. The van der Waals surface area contributed by atoms with Crippen LogP contribution < -0.4 is 11.1 Å². The molecular formula is C26H20F3N5O. The van der Waals surface area contributed by atoms with Gasteiger partial charge in [-0.25, -0.2) is 4.98 Å². The molecule has 0 bridgehead atoms. The molecule has 4 aromatic rings. The van der Waals surface area contributed by atoms with E-state index in [-0.39, 0.29) is 29.1 Å². The average molecular weight is 475 g/mol. The zero-order valence-electron chi connectivity index (χ0n) is 18.6. The quantitative estimate of drug-likeness (QED) is 0.225. The van der Waals surface area contributed by atoms with Crippen molar-refractivity contribution in [3.05, 3.63) is 101 Å². The molecule has 176 valence electrons. The monoisotopic (exact) mass is 475 g/mol. The molecule has 4 N–H and O–H groups in total. The number of amides is 1. The fourth-order valence-corrected chi connectivity index (χ4v) is 3.53. The highest BCUT2D eigenvalue weighted by Crippen LogP contribution is 2.34. The van der Waals surface area contributed by atoms with Gasteiger partial charge in [0.25, 0.3) is 5.91 Å². The number of hydrogen-bond acceptors (Lipinski definition) is 3. The predicted octanol–water partition coefficient (Wildman–Crippen LogP) is 4.79. The van der Waals surface area contributed by atoms with Crippen LogP contribution in [0.2, 0.25) is 0 Å². The Morgan fingerprint density at radius 3 is 2.69 bits per heavy atom. The van der Waals surface area contributed by atoms with Crippen molar-refractivity contribution in [2.45, 2.75) is 19.5 Å². The van der Waals surface area contributed by atoms with Crippen molar-refractivity contribution in [3.8, 4) is 11.8 Å². The minimum Gasteiger partial charge on any atom is -0.387 e. The first kappa shape index (κ1) is 23.6. The van der Waals surface area contributed by atoms with Gasteiger partial charge in [-0.15, -0.1) is 0 Å². The van der Waals surface area contributed by atoms with Crippen molar-refractivity contribution in [1.82, 2.24) is 9.38 Å². The molecular weight excluding hydrogens is 455 g/mol. The smallest absolute Gasteiger partial charge is 0.387 e. The second-order valence-electron chi connectivity index (χ2n) is 7.88. The Hall–Kier alpha value is -4.58. The summed E-state index contributed by atoms with van der Waals surface area (Å²) in [5.41, 5.74) is 7.31. The number of hydrogen-bond donors (Lipinski definition) is 3. The molecule has 0 saturated carbocycles. The van der Waals surface area contributed by atoms with E-state index in [9.17, 15) is 18.0 Å². The largest absolute Gasteiger partial charge is 0.416 e. The summed E-state index contributed by atoms with van der Waals surface area (Å²) in [5.74, 6) is 5.14. The highest BCUT2D eigenvalue weighted by atomic mass is 19.4. The van der Waals surface area contributed by atoms with Crippen LogP contribution in [0, 0.1) is 24.2 Å². The number of carbonyl (C=O) groups excluding carboxylic acids is 1. The van der Waals surface area contributed by atoms with Gasteiger partial charge in [0.05, 0.1) is 17.6 Å². The van der Waals surface area contributed by atoms with E-state index in [4.69, 9.17) is 11.1 Å². The second-order valence-corrected chi connectivity index (χ2v) is 7.88. The van der Waals surface area contributed by atoms with E-state index in [1.165, 1.54) is 12.1 Å². The number of carbonyl (C=O) groups is 1. The Morgan fingerprint density at radius 1 is 1.14 bits per heavy atom. The number of anilines is 1. The normalized spacial score (nSPS) is 11.1. The Bertz CT molecular complexity index is 1510. The maximum atomic E-state index is 13.5. The Kier molecular flexibility index (Phi) is 6.30. The Balaban J connectivity index is 1.60. The van der Waals surface area contributed by atoms with Gasteiger partial charge in [0.1, 0.15) is 11.3 Å². The number of imidazole rings is 1. The maximum absolute atomic E-state index is 13.5. The van der Waals surface area contributed by atoms with E-state index in [1.807, 2.05) is 35.7 Å². The summed E-state index contributed by atoms with van der Waals surface area (Å²) in [6.07, 6.45) is -1.49. The van der Waals surface area contributed by atoms with Gasteiger partial charge in [-0.1, -0.05) is 24.1 Å². The first-order chi connectivity index (χ1) is 16.6. The van der Waals surface area contributed by atoms with Gasteiger partial charge in [0.2, 0.25) is 0 Å². The summed E-state index contributed by atoms with van der Waals surface area (Å²) in [6, 6.07) is 13.9. The number of fused-ring (bicyclic) bond motifs is 1. The number of pyridine rings is 1. The van der Waals surface area contributed by atoms with E-state index in [1.54, 1.807) is 24.4 Å². The SMILES string of the molecule is Cc1ccc(C(=O)Nc2ccc(CC(=N)N)c(C(F)(F)F)c2)cc1C#Cc1cnc2ccccn12. The molecule has 0 radical (unpaired) electrons. The number of alkyl halides is 3. The lowest BCUT2D eigenvalue weighted by atomic mass is 10.0. The lowest BCUT2D eigenvalue weighted by Crippen LogP contribution is -2.18. The lowest BCUT2D eigenvalue weighted by molar-refractivity contribution is -0.138.